The molecule has 0 saturated heterocycles. The van der Waals surface area contributed by atoms with E-state index in [4.69, 9.17) is 0 Å². The molecule has 0 aliphatic carbocycles. The van der Waals surface area contributed by atoms with Crippen LogP contribution >= 0.6 is 11.8 Å². The maximum Gasteiger partial charge on any atom is 0.275 e. The van der Waals surface area contributed by atoms with Crippen molar-refractivity contribution in [2.75, 3.05) is 5.75 Å². The van der Waals surface area contributed by atoms with E-state index >= 15 is 0 Å². The summed E-state index contributed by atoms with van der Waals surface area (Å²) in [6.07, 6.45) is 3.75. The first kappa shape index (κ1) is 12.9. The minimum atomic E-state index is -0.146. The lowest BCUT2D eigenvalue weighted by atomic mass is 10.1. The third-order valence-corrected chi connectivity index (χ3v) is 3.66. The smallest absolute Gasteiger partial charge is 0.275 e. The number of aromatic nitrogens is 2. The summed E-state index contributed by atoms with van der Waals surface area (Å²) in [4.78, 5) is 16.1. The number of rotatable bonds is 2. The van der Waals surface area contributed by atoms with Crippen molar-refractivity contribution < 1.29 is 4.79 Å². The molecule has 0 fully saturated rings. The van der Waals surface area contributed by atoms with Crippen molar-refractivity contribution in [1.82, 2.24) is 15.1 Å². The van der Waals surface area contributed by atoms with Gasteiger partial charge in [0.2, 0.25) is 0 Å². The standard InChI is InChI=1S/C14H14N4OS/c1-3-20-14-15-12(13(19)16-14)7-9-4-5-11-10(6-9)8-18(2)17-11/h4-8H,3H2,1-2H3,(H,15,16,19)/b12-7-. The predicted molar refractivity (Wildman–Crippen MR) is 82.4 cm³/mol. The number of hydrogen-bond donors (Lipinski definition) is 1. The summed E-state index contributed by atoms with van der Waals surface area (Å²) in [7, 11) is 1.89. The minimum Gasteiger partial charge on any atom is -0.300 e. The second kappa shape index (κ2) is 5.13. The maximum absolute atomic E-state index is 11.8. The van der Waals surface area contributed by atoms with E-state index in [9.17, 15) is 4.79 Å². The molecule has 20 heavy (non-hydrogen) atoms. The van der Waals surface area contributed by atoms with E-state index in [0.717, 1.165) is 22.2 Å². The number of nitrogens with zero attached hydrogens (tertiary/aromatic N) is 3. The van der Waals surface area contributed by atoms with Gasteiger partial charge in [0, 0.05) is 18.6 Å². The molecule has 0 bridgehead atoms. The third-order valence-electron chi connectivity index (χ3n) is 2.90. The minimum absolute atomic E-state index is 0.146. The SMILES string of the molecule is CCSC1=N/C(=C\c2ccc3nn(C)cc3c2)C(=O)N1. The van der Waals surface area contributed by atoms with Crippen molar-refractivity contribution in [2.24, 2.45) is 12.0 Å². The van der Waals surface area contributed by atoms with Crippen molar-refractivity contribution in [3.63, 3.8) is 0 Å². The lowest BCUT2D eigenvalue weighted by Crippen LogP contribution is -2.21. The summed E-state index contributed by atoms with van der Waals surface area (Å²) in [6, 6.07) is 5.89. The summed E-state index contributed by atoms with van der Waals surface area (Å²) >= 11 is 1.53. The van der Waals surface area contributed by atoms with Crippen LogP contribution in [0.25, 0.3) is 17.0 Å². The normalized spacial score (nSPS) is 16.8. The Morgan fingerprint density at radius 1 is 1.45 bits per heavy atom. The number of carbonyl (C=O) groups is 1. The number of fused-ring (bicyclic) bond motifs is 1. The van der Waals surface area contributed by atoms with Gasteiger partial charge >= 0.3 is 0 Å². The van der Waals surface area contributed by atoms with Crippen LogP contribution in [0, 0.1) is 0 Å². The molecule has 1 aliphatic rings. The van der Waals surface area contributed by atoms with E-state index in [0.29, 0.717) is 10.9 Å². The van der Waals surface area contributed by atoms with Crippen molar-refractivity contribution in [2.45, 2.75) is 6.92 Å². The van der Waals surface area contributed by atoms with Crippen molar-refractivity contribution in [3.8, 4) is 0 Å². The molecule has 0 spiro atoms. The second-order valence-electron chi connectivity index (χ2n) is 4.45. The maximum atomic E-state index is 11.8. The number of benzene rings is 1. The van der Waals surface area contributed by atoms with Gasteiger partial charge in [0.15, 0.2) is 5.17 Å². The van der Waals surface area contributed by atoms with Crippen LogP contribution < -0.4 is 5.32 Å². The first-order chi connectivity index (χ1) is 9.65. The zero-order valence-electron chi connectivity index (χ0n) is 11.3. The van der Waals surface area contributed by atoms with E-state index in [2.05, 4.69) is 15.4 Å². The average Bonchev–Trinajstić information content (AvgIpc) is 2.92. The highest BCUT2D eigenvalue weighted by Gasteiger charge is 2.19. The van der Waals surface area contributed by atoms with Gasteiger partial charge in [-0.25, -0.2) is 4.99 Å². The van der Waals surface area contributed by atoms with Crippen molar-refractivity contribution >= 4 is 39.8 Å². The number of nitrogens with one attached hydrogen (secondary N) is 1. The van der Waals surface area contributed by atoms with Gasteiger partial charge < -0.3 is 0 Å². The zero-order valence-corrected chi connectivity index (χ0v) is 12.1. The third kappa shape index (κ3) is 2.46. The van der Waals surface area contributed by atoms with Gasteiger partial charge in [-0.3, -0.25) is 14.8 Å². The topological polar surface area (TPSA) is 59.3 Å². The lowest BCUT2D eigenvalue weighted by Gasteiger charge is -1.95. The van der Waals surface area contributed by atoms with E-state index in [1.54, 1.807) is 10.8 Å². The van der Waals surface area contributed by atoms with E-state index in [-0.39, 0.29) is 5.91 Å². The van der Waals surface area contributed by atoms with E-state index in [1.807, 2.05) is 38.4 Å². The first-order valence-electron chi connectivity index (χ1n) is 6.33. The highest BCUT2D eigenvalue weighted by Crippen LogP contribution is 2.19. The molecule has 2 heterocycles. The Labute approximate surface area is 120 Å². The second-order valence-corrected chi connectivity index (χ2v) is 5.71. The molecule has 6 heteroatoms. The molecule has 102 valence electrons. The molecule has 0 saturated carbocycles. The molecular formula is C14H14N4OS. The van der Waals surface area contributed by atoms with E-state index in [1.165, 1.54) is 11.8 Å². The van der Waals surface area contributed by atoms with Crippen LogP contribution in [0.1, 0.15) is 12.5 Å². The van der Waals surface area contributed by atoms with Crippen LogP contribution in [-0.4, -0.2) is 26.6 Å². The van der Waals surface area contributed by atoms with Crippen LogP contribution in [0.4, 0.5) is 0 Å². The Morgan fingerprint density at radius 2 is 2.30 bits per heavy atom. The molecule has 0 radical (unpaired) electrons. The lowest BCUT2D eigenvalue weighted by molar-refractivity contribution is -0.115. The number of aliphatic imine (C=N–C) groups is 1. The molecule has 1 aromatic heterocycles. The Kier molecular flexibility index (Phi) is 3.31. The monoisotopic (exact) mass is 286 g/mol. The zero-order chi connectivity index (χ0) is 14.1. The average molecular weight is 286 g/mol. The predicted octanol–water partition coefficient (Wildman–Crippen LogP) is 2.15. The van der Waals surface area contributed by atoms with Gasteiger partial charge in [-0.1, -0.05) is 24.8 Å². The van der Waals surface area contributed by atoms with Crippen LogP contribution in [-0.2, 0) is 11.8 Å². The van der Waals surface area contributed by atoms with Crippen LogP contribution in [0.5, 0.6) is 0 Å². The molecule has 1 aromatic carbocycles. The summed E-state index contributed by atoms with van der Waals surface area (Å²) in [5, 5.41) is 8.80. The Bertz CT molecular complexity index is 745. The Morgan fingerprint density at radius 3 is 3.10 bits per heavy atom. The number of amidine groups is 1. The molecule has 0 unspecified atom stereocenters. The number of hydrogen-bond acceptors (Lipinski definition) is 4. The molecule has 5 nitrogen and oxygen atoms in total. The fourth-order valence-corrected chi connectivity index (χ4v) is 2.67. The fraction of sp³-hybridized carbons (Fsp3) is 0.214. The van der Waals surface area contributed by atoms with Gasteiger partial charge in [-0.15, -0.1) is 0 Å². The number of amides is 1. The molecule has 1 amide bonds. The molecule has 2 aromatic rings. The number of carbonyl (C=O) groups excluding carboxylic acids is 1. The van der Waals surface area contributed by atoms with Crippen LogP contribution in [0.15, 0.2) is 35.1 Å². The number of aryl methyl sites for hydroxylation is 1. The van der Waals surface area contributed by atoms with E-state index < -0.39 is 0 Å². The molecule has 0 atom stereocenters. The van der Waals surface area contributed by atoms with Gasteiger partial charge in [-0.2, -0.15) is 5.10 Å². The fourth-order valence-electron chi connectivity index (χ4n) is 2.07. The molecule has 3 rings (SSSR count). The van der Waals surface area contributed by atoms with Crippen LogP contribution in [0.2, 0.25) is 0 Å². The van der Waals surface area contributed by atoms with Gasteiger partial charge in [0.1, 0.15) is 5.70 Å². The number of thioether (sulfide) groups is 1. The van der Waals surface area contributed by atoms with Crippen LogP contribution in [0.3, 0.4) is 0 Å². The van der Waals surface area contributed by atoms with Crippen molar-refractivity contribution in [3.05, 3.63) is 35.7 Å². The first-order valence-corrected chi connectivity index (χ1v) is 7.32. The Balaban J connectivity index is 1.95. The summed E-state index contributed by atoms with van der Waals surface area (Å²) in [5.41, 5.74) is 2.34. The highest BCUT2D eigenvalue weighted by molar-refractivity contribution is 8.13. The largest absolute Gasteiger partial charge is 0.300 e. The molecule has 1 N–H and O–H groups in total. The van der Waals surface area contributed by atoms with Gasteiger partial charge in [0.25, 0.3) is 5.91 Å². The molecule has 1 aliphatic heterocycles. The molecular weight excluding hydrogens is 272 g/mol. The van der Waals surface area contributed by atoms with Crippen molar-refractivity contribution in [1.29, 1.82) is 0 Å². The highest BCUT2D eigenvalue weighted by atomic mass is 32.2. The summed E-state index contributed by atoms with van der Waals surface area (Å²) in [5.74, 6) is 0.737. The van der Waals surface area contributed by atoms with Gasteiger partial charge in [-0.05, 0) is 29.5 Å². The van der Waals surface area contributed by atoms with Gasteiger partial charge in [0.05, 0.1) is 5.52 Å². The summed E-state index contributed by atoms with van der Waals surface area (Å²) < 4.78 is 1.78. The quantitative estimate of drug-likeness (QED) is 0.861. The Hall–Kier alpha value is -2.08. The summed E-state index contributed by atoms with van der Waals surface area (Å²) in [6.45, 7) is 2.03.